The second kappa shape index (κ2) is 9.59. The van der Waals surface area contributed by atoms with Gasteiger partial charge in [0.05, 0.1) is 0 Å². The fourth-order valence-corrected chi connectivity index (χ4v) is 4.20. The molecule has 1 aliphatic rings. The van der Waals surface area contributed by atoms with E-state index in [0.29, 0.717) is 0 Å². The summed E-state index contributed by atoms with van der Waals surface area (Å²) in [5.41, 5.74) is 0.548. The van der Waals surface area contributed by atoms with Crippen LogP contribution in [0.4, 0.5) is 22.0 Å². The molecule has 0 spiro atoms. The lowest BCUT2D eigenvalue weighted by atomic mass is 9.77. The highest BCUT2D eigenvalue weighted by Gasteiger charge is 2.24. The standard InChI is InChI=1S/C23H25F5O/c1-2-3-14-4-6-15(7-5-14)16-8-9-17(19(24)12-16)18-10-11-20(23(28)22(18)27)29-13-21(25)26/h8-12,14-15,21H,2-7,13H2,1H3. The van der Waals surface area contributed by atoms with Crippen LogP contribution in [0.5, 0.6) is 5.75 Å². The smallest absolute Gasteiger partial charge is 0.272 e. The molecule has 0 atom stereocenters. The normalized spacial score (nSPS) is 19.6. The molecule has 0 bridgehead atoms. The highest BCUT2D eigenvalue weighted by Crippen LogP contribution is 2.39. The van der Waals surface area contributed by atoms with Crippen LogP contribution in [0, 0.1) is 23.4 Å². The minimum absolute atomic E-state index is 0.0646. The van der Waals surface area contributed by atoms with Crippen molar-refractivity contribution in [3.63, 3.8) is 0 Å². The van der Waals surface area contributed by atoms with Gasteiger partial charge >= 0.3 is 0 Å². The van der Waals surface area contributed by atoms with Crippen molar-refractivity contribution >= 4 is 0 Å². The van der Waals surface area contributed by atoms with Crippen molar-refractivity contribution < 1.29 is 26.7 Å². The summed E-state index contributed by atoms with van der Waals surface area (Å²) in [6.45, 7) is 1.14. The van der Waals surface area contributed by atoms with Gasteiger partial charge in [0.15, 0.2) is 11.6 Å². The number of benzene rings is 2. The van der Waals surface area contributed by atoms with Crippen molar-refractivity contribution in [1.29, 1.82) is 0 Å². The Morgan fingerprint density at radius 3 is 2.24 bits per heavy atom. The van der Waals surface area contributed by atoms with Crippen molar-refractivity contribution in [3.8, 4) is 16.9 Å². The highest BCUT2D eigenvalue weighted by molar-refractivity contribution is 5.66. The largest absolute Gasteiger partial charge is 0.484 e. The number of ether oxygens (including phenoxy) is 1. The van der Waals surface area contributed by atoms with Gasteiger partial charge in [-0.3, -0.25) is 0 Å². The summed E-state index contributed by atoms with van der Waals surface area (Å²) in [4.78, 5) is 0. The van der Waals surface area contributed by atoms with E-state index in [9.17, 15) is 22.0 Å². The van der Waals surface area contributed by atoms with Gasteiger partial charge in [0.25, 0.3) is 6.43 Å². The van der Waals surface area contributed by atoms with Gasteiger partial charge in [-0.2, -0.15) is 4.39 Å². The molecule has 0 aromatic heterocycles. The monoisotopic (exact) mass is 412 g/mol. The molecule has 1 fully saturated rings. The first-order chi connectivity index (χ1) is 13.9. The summed E-state index contributed by atoms with van der Waals surface area (Å²) < 4.78 is 72.3. The van der Waals surface area contributed by atoms with Crippen LogP contribution >= 0.6 is 0 Å². The zero-order valence-electron chi connectivity index (χ0n) is 16.4. The molecule has 2 aromatic carbocycles. The van der Waals surface area contributed by atoms with E-state index in [1.165, 1.54) is 25.0 Å². The zero-order chi connectivity index (χ0) is 21.0. The van der Waals surface area contributed by atoms with Crippen molar-refractivity contribution in [1.82, 2.24) is 0 Å². The molecule has 1 nitrogen and oxygen atoms in total. The Labute approximate surface area is 167 Å². The van der Waals surface area contributed by atoms with Crippen LogP contribution in [-0.2, 0) is 0 Å². The Morgan fingerprint density at radius 1 is 0.931 bits per heavy atom. The van der Waals surface area contributed by atoms with Gasteiger partial charge < -0.3 is 4.74 Å². The number of halogens is 5. The first kappa shape index (κ1) is 21.6. The Kier molecular flexibility index (Phi) is 7.14. The molecule has 0 saturated heterocycles. The lowest BCUT2D eigenvalue weighted by Gasteiger charge is -2.28. The molecule has 1 aliphatic carbocycles. The summed E-state index contributed by atoms with van der Waals surface area (Å²) in [5.74, 6) is -2.95. The molecule has 1 saturated carbocycles. The molecule has 29 heavy (non-hydrogen) atoms. The van der Waals surface area contributed by atoms with E-state index in [2.05, 4.69) is 11.7 Å². The Balaban J connectivity index is 1.78. The van der Waals surface area contributed by atoms with Crippen LogP contribution < -0.4 is 4.74 Å². The van der Waals surface area contributed by atoms with Crippen molar-refractivity contribution in [2.45, 2.75) is 57.8 Å². The molecular weight excluding hydrogens is 387 g/mol. The van der Waals surface area contributed by atoms with Crippen molar-refractivity contribution in [2.24, 2.45) is 5.92 Å². The number of hydrogen-bond acceptors (Lipinski definition) is 1. The molecule has 2 aromatic rings. The van der Waals surface area contributed by atoms with E-state index in [0.717, 1.165) is 49.3 Å². The fraction of sp³-hybridized carbons (Fsp3) is 0.478. The van der Waals surface area contributed by atoms with Crippen molar-refractivity contribution in [3.05, 3.63) is 53.3 Å². The Bertz CT molecular complexity index is 828. The molecule has 0 N–H and O–H groups in total. The molecule has 0 unspecified atom stereocenters. The quantitative estimate of drug-likeness (QED) is 0.428. The predicted octanol–water partition coefficient (Wildman–Crippen LogP) is 7.49. The first-order valence-corrected chi connectivity index (χ1v) is 10.1. The zero-order valence-corrected chi connectivity index (χ0v) is 16.4. The average molecular weight is 412 g/mol. The summed E-state index contributed by atoms with van der Waals surface area (Å²) in [6, 6.07) is 6.81. The third-order valence-corrected chi connectivity index (χ3v) is 5.71. The van der Waals surface area contributed by atoms with Crippen LogP contribution in [0.2, 0.25) is 0 Å². The second-order valence-corrected chi connectivity index (χ2v) is 7.69. The summed E-state index contributed by atoms with van der Waals surface area (Å²) in [7, 11) is 0. The predicted molar refractivity (Wildman–Crippen MR) is 103 cm³/mol. The van der Waals surface area contributed by atoms with Gasteiger partial charge in [0.1, 0.15) is 12.4 Å². The molecule has 0 heterocycles. The maximum Gasteiger partial charge on any atom is 0.272 e. The SMILES string of the molecule is CCCC1CCC(c2ccc(-c3ccc(OCC(F)F)c(F)c3F)c(F)c2)CC1. The molecular formula is C23H25F5O. The van der Waals surface area contributed by atoms with Crippen molar-refractivity contribution in [2.75, 3.05) is 6.61 Å². The van der Waals surface area contributed by atoms with Gasteiger partial charge in [-0.25, -0.2) is 17.6 Å². The summed E-state index contributed by atoms with van der Waals surface area (Å²) in [5, 5.41) is 0. The van der Waals surface area contributed by atoms with E-state index >= 15 is 0 Å². The number of rotatable bonds is 7. The van der Waals surface area contributed by atoms with Crippen LogP contribution in [0.1, 0.15) is 56.9 Å². The van der Waals surface area contributed by atoms with Crippen LogP contribution in [0.3, 0.4) is 0 Å². The minimum Gasteiger partial charge on any atom is -0.484 e. The van der Waals surface area contributed by atoms with Gasteiger partial charge in [-0.1, -0.05) is 31.9 Å². The molecule has 0 amide bonds. The summed E-state index contributed by atoms with van der Waals surface area (Å²) in [6.07, 6.45) is 3.85. The van der Waals surface area contributed by atoms with E-state index in [1.807, 2.05) is 0 Å². The summed E-state index contributed by atoms with van der Waals surface area (Å²) >= 11 is 0. The van der Waals surface area contributed by atoms with Crippen LogP contribution in [0.25, 0.3) is 11.1 Å². The molecule has 3 rings (SSSR count). The van der Waals surface area contributed by atoms with Crippen LogP contribution in [0.15, 0.2) is 30.3 Å². The second-order valence-electron chi connectivity index (χ2n) is 7.69. The van der Waals surface area contributed by atoms with Gasteiger partial charge in [0, 0.05) is 11.1 Å². The fourth-order valence-electron chi connectivity index (χ4n) is 4.20. The molecule has 0 aliphatic heterocycles. The topological polar surface area (TPSA) is 9.23 Å². The Hall–Kier alpha value is -2.11. The van der Waals surface area contributed by atoms with E-state index in [4.69, 9.17) is 0 Å². The minimum atomic E-state index is -2.81. The number of hydrogen-bond donors (Lipinski definition) is 0. The number of alkyl halides is 2. The average Bonchev–Trinajstić information content (AvgIpc) is 2.70. The van der Waals surface area contributed by atoms with E-state index in [1.54, 1.807) is 6.07 Å². The maximum atomic E-state index is 14.7. The van der Waals surface area contributed by atoms with E-state index < -0.39 is 36.2 Å². The van der Waals surface area contributed by atoms with E-state index in [-0.39, 0.29) is 17.0 Å². The Morgan fingerprint density at radius 2 is 1.62 bits per heavy atom. The van der Waals surface area contributed by atoms with Gasteiger partial charge in [-0.15, -0.1) is 0 Å². The lowest BCUT2D eigenvalue weighted by Crippen LogP contribution is -2.13. The lowest BCUT2D eigenvalue weighted by molar-refractivity contribution is 0.0795. The third kappa shape index (κ3) is 5.09. The highest BCUT2D eigenvalue weighted by atomic mass is 19.3. The van der Waals surface area contributed by atoms with Gasteiger partial charge in [0.2, 0.25) is 5.82 Å². The van der Waals surface area contributed by atoms with Crippen LogP contribution in [-0.4, -0.2) is 13.0 Å². The molecule has 0 radical (unpaired) electrons. The molecule has 158 valence electrons. The maximum absolute atomic E-state index is 14.7. The molecule has 6 heteroatoms. The third-order valence-electron chi connectivity index (χ3n) is 5.71. The van der Waals surface area contributed by atoms with Gasteiger partial charge in [-0.05, 0) is 61.3 Å². The first-order valence-electron chi connectivity index (χ1n) is 10.1.